The van der Waals surface area contributed by atoms with Crippen molar-refractivity contribution in [1.29, 1.82) is 0 Å². The van der Waals surface area contributed by atoms with Crippen LogP contribution in [0.25, 0.3) is 0 Å². The Bertz CT molecular complexity index is 508. The number of nitrogens with one attached hydrogen (secondary N) is 1. The van der Waals surface area contributed by atoms with E-state index in [9.17, 15) is 9.59 Å². The fourth-order valence-corrected chi connectivity index (χ4v) is 1.75. The quantitative estimate of drug-likeness (QED) is 0.817. The molecule has 1 aromatic rings. The van der Waals surface area contributed by atoms with Gasteiger partial charge in [-0.15, -0.1) is 0 Å². The van der Waals surface area contributed by atoms with Crippen molar-refractivity contribution < 1.29 is 14.3 Å². The van der Waals surface area contributed by atoms with Crippen molar-refractivity contribution in [2.24, 2.45) is 5.92 Å². The molecule has 1 aromatic carbocycles. The Hall–Kier alpha value is -1.52. The number of rotatable bonds is 6. The van der Waals surface area contributed by atoms with Crippen LogP contribution in [0.4, 0.5) is 5.69 Å². The second-order valence-electron chi connectivity index (χ2n) is 4.11. The minimum atomic E-state index is -0.815. The van der Waals surface area contributed by atoms with Crippen molar-refractivity contribution >= 4 is 40.6 Å². The summed E-state index contributed by atoms with van der Waals surface area (Å²) in [6.45, 7) is 1.36. The Morgan fingerprint density at radius 3 is 2.35 bits per heavy atom. The topological polar surface area (TPSA) is 55.4 Å². The van der Waals surface area contributed by atoms with Crippen molar-refractivity contribution in [3.63, 3.8) is 0 Å². The molecular formula is C14H15Cl2NO3. The van der Waals surface area contributed by atoms with Crippen molar-refractivity contribution in [2.45, 2.75) is 13.3 Å². The van der Waals surface area contributed by atoms with Crippen molar-refractivity contribution in [3.8, 4) is 5.75 Å². The zero-order chi connectivity index (χ0) is 15.1. The Kier molecular flexibility index (Phi) is 6.55. The molecule has 20 heavy (non-hydrogen) atoms. The molecule has 0 radical (unpaired) electrons. The maximum absolute atomic E-state index is 12.0. The lowest BCUT2D eigenvalue weighted by Gasteiger charge is -2.12. The van der Waals surface area contributed by atoms with Crippen LogP contribution in [0.3, 0.4) is 0 Å². The van der Waals surface area contributed by atoms with Crippen LogP contribution in [0.5, 0.6) is 5.75 Å². The zero-order valence-corrected chi connectivity index (χ0v) is 12.7. The number of halogens is 2. The SMILES string of the molecule is COc1ccc(NC(=O)[C@@H](CC=C(Cl)Cl)C(C)=O)cc1. The largest absolute Gasteiger partial charge is 0.497 e. The van der Waals surface area contributed by atoms with Gasteiger partial charge in [0.05, 0.1) is 7.11 Å². The number of allylic oxidation sites excluding steroid dienone is 1. The molecule has 1 N–H and O–H groups in total. The van der Waals surface area contributed by atoms with Crippen molar-refractivity contribution in [1.82, 2.24) is 0 Å². The monoisotopic (exact) mass is 315 g/mol. The second kappa shape index (κ2) is 7.92. The molecule has 0 unspecified atom stereocenters. The average Bonchev–Trinajstić information content (AvgIpc) is 2.39. The average molecular weight is 316 g/mol. The van der Waals surface area contributed by atoms with E-state index in [1.54, 1.807) is 31.4 Å². The van der Waals surface area contributed by atoms with Crippen LogP contribution in [-0.2, 0) is 9.59 Å². The molecule has 0 saturated heterocycles. The van der Waals surface area contributed by atoms with Gasteiger partial charge in [0, 0.05) is 5.69 Å². The Labute approximate surface area is 127 Å². The lowest BCUT2D eigenvalue weighted by molar-refractivity contribution is -0.129. The number of hydrogen-bond donors (Lipinski definition) is 1. The summed E-state index contributed by atoms with van der Waals surface area (Å²) in [7, 11) is 1.56. The maximum Gasteiger partial charge on any atom is 0.235 e. The summed E-state index contributed by atoms with van der Waals surface area (Å²) in [5.41, 5.74) is 0.586. The molecule has 0 aliphatic carbocycles. The van der Waals surface area contributed by atoms with Gasteiger partial charge in [0.2, 0.25) is 5.91 Å². The summed E-state index contributed by atoms with van der Waals surface area (Å²) in [4.78, 5) is 23.5. The minimum absolute atomic E-state index is 0.0356. The fourth-order valence-electron chi connectivity index (χ4n) is 1.57. The maximum atomic E-state index is 12.0. The predicted octanol–water partition coefficient (Wildman–Crippen LogP) is 3.55. The van der Waals surface area contributed by atoms with Crippen LogP contribution < -0.4 is 10.1 Å². The third-order valence-corrected chi connectivity index (χ3v) is 2.98. The van der Waals surface area contributed by atoms with Crippen LogP contribution in [-0.4, -0.2) is 18.8 Å². The number of ketones is 1. The van der Waals surface area contributed by atoms with E-state index >= 15 is 0 Å². The highest BCUT2D eigenvalue weighted by atomic mass is 35.5. The van der Waals surface area contributed by atoms with Gasteiger partial charge in [-0.2, -0.15) is 0 Å². The van der Waals surface area contributed by atoms with Gasteiger partial charge in [0.15, 0.2) is 0 Å². The standard InChI is InChI=1S/C14H15Cl2NO3/c1-9(18)12(7-8-13(15)16)14(19)17-10-3-5-11(20-2)6-4-10/h3-6,8,12H,7H2,1-2H3,(H,17,19)/t12-/m0/s1. The summed E-state index contributed by atoms with van der Waals surface area (Å²) in [5, 5.41) is 2.67. The van der Waals surface area contributed by atoms with Crippen LogP contribution >= 0.6 is 23.2 Å². The number of amides is 1. The van der Waals surface area contributed by atoms with Crippen LogP contribution in [0.1, 0.15) is 13.3 Å². The van der Waals surface area contributed by atoms with E-state index in [0.717, 1.165) is 0 Å². The fraction of sp³-hybridized carbons (Fsp3) is 0.286. The molecule has 0 spiro atoms. The molecule has 0 saturated carbocycles. The van der Waals surface area contributed by atoms with E-state index in [1.807, 2.05) is 0 Å². The van der Waals surface area contributed by atoms with E-state index in [-0.39, 0.29) is 16.7 Å². The summed E-state index contributed by atoms with van der Waals surface area (Å²) in [6.07, 6.45) is 1.60. The molecule has 0 heterocycles. The van der Waals surface area contributed by atoms with Gasteiger partial charge >= 0.3 is 0 Å². The highest BCUT2D eigenvalue weighted by Crippen LogP contribution is 2.18. The Balaban J connectivity index is 2.74. The summed E-state index contributed by atoms with van der Waals surface area (Å²) < 4.78 is 5.06. The third-order valence-electron chi connectivity index (χ3n) is 2.67. The molecule has 0 aliphatic heterocycles. The second-order valence-corrected chi connectivity index (χ2v) is 5.12. The van der Waals surface area contributed by atoms with Gasteiger partial charge in [-0.05, 0) is 37.6 Å². The molecular weight excluding hydrogens is 301 g/mol. The van der Waals surface area contributed by atoms with Gasteiger partial charge in [0.1, 0.15) is 21.9 Å². The molecule has 0 aromatic heterocycles. The molecule has 108 valence electrons. The molecule has 1 rings (SSSR count). The molecule has 0 fully saturated rings. The smallest absolute Gasteiger partial charge is 0.235 e. The van der Waals surface area contributed by atoms with E-state index in [1.165, 1.54) is 13.0 Å². The van der Waals surface area contributed by atoms with Crippen molar-refractivity contribution in [2.75, 3.05) is 12.4 Å². The van der Waals surface area contributed by atoms with E-state index in [2.05, 4.69) is 5.32 Å². The molecule has 0 bridgehead atoms. The molecule has 4 nitrogen and oxygen atoms in total. The van der Waals surface area contributed by atoms with Crippen LogP contribution in [0.15, 0.2) is 34.8 Å². The van der Waals surface area contributed by atoms with E-state index in [4.69, 9.17) is 27.9 Å². The zero-order valence-electron chi connectivity index (χ0n) is 11.2. The number of carbonyl (C=O) groups is 2. The minimum Gasteiger partial charge on any atom is -0.497 e. The van der Waals surface area contributed by atoms with Gasteiger partial charge in [0.25, 0.3) is 0 Å². The number of ether oxygens (including phenoxy) is 1. The molecule has 6 heteroatoms. The highest BCUT2D eigenvalue weighted by molar-refractivity contribution is 6.55. The van der Waals surface area contributed by atoms with Gasteiger partial charge in [-0.3, -0.25) is 9.59 Å². The third kappa shape index (κ3) is 5.23. The molecule has 1 amide bonds. The molecule has 0 aliphatic rings. The first-order valence-corrected chi connectivity index (χ1v) is 6.66. The first-order valence-electron chi connectivity index (χ1n) is 5.90. The predicted molar refractivity (Wildman–Crippen MR) is 80.2 cm³/mol. The Morgan fingerprint density at radius 2 is 1.90 bits per heavy atom. The summed E-state index contributed by atoms with van der Waals surface area (Å²) in [6, 6.07) is 6.82. The highest BCUT2D eigenvalue weighted by Gasteiger charge is 2.22. The normalized spacial score (nSPS) is 11.4. The lowest BCUT2D eigenvalue weighted by Crippen LogP contribution is -2.27. The van der Waals surface area contributed by atoms with E-state index < -0.39 is 11.8 Å². The number of methoxy groups -OCH3 is 1. The number of hydrogen-bond acceptors (Lipinski definition) is 3. The number of Topliss-reactive ketones (excluding diaryl/α,β-unsaturated/α-hetero) is 1. The summed E-state index contributed by atoms with van der Waals surface area (Å²) in [5.74, 6) is -0.775. The van der Waals surface area contributed by atoms with Gasteiger partial charge in [-0.1, -0.05) is 29.3 Å². The van der Waals surface area contributed by atoms with Gasteiger partial charge < -0.3 is 10.1 Å². The lowest BCUT2D eigenvalue weighted by atomic mass is 10.00. The Morgan fingerprint density at radius 1 is 1.30 bits per heavy atom. The van der Waals surface area contributed by atoms with Gasteiger partial charge in [-0.25, -0.2) is 0 Å². The van der Waals surface area contributed by atoms with Crippen LogP contribution in [0.2, 0.25) is 0 Å². The van der Waals surface area contributed by atoms with Crippen LogP contribution in [0, 0.1) is 5.92 Å². The number of anilines is 1. The van der Waals surface area contributed by atoms with Crippen molar-refractivity contribution in [3.05, 3.63) is 34.8 Å². The number of benzene rings is 1. The first kappa shape index (κ1) is 16.5. The first-order chi connectivity index (χ1) is 9.43. The molecule has 1 atom stereocenters. The van der Waals surface area contributed by atoms with E-state index in [0.29, 0.717) is 11.4 Å². The number of carbonyl (C=O) groups excluding carboxylic acids is 2. The summed E-state index contributed by atoms with van der Waals surface area (Å²) >= 11 is 11.0.